The number of nitrogens with one attached hydrogen (secondary N) is 1. The largest absolute Gasteiger partial charge is 0.381 e. The van der Waals surface area contributed by atoms with Crippen LogP contribution in [0.25, 0.3) is 0 Å². The molecule has 1 saturated carbocycles. The van der Waals surface area contributed by atoms with Crippen LogP contribution < -0.4 is 5.32 Å². The van der Waals surface area contributed by atoms with Gasteiger partial charge in [-0.25, -0.2) is 0 Å². The first-order valence-corrected chi connectivity index (χ1v) is 6.64. The molecule has 2 saturated heterocycles. The summed E-state index contributed by atoms with van der Waals surface area (Å²) in [5.74, 6) is 0.733. The zero-order chi connectivity index (χ0) is 11.7. The summed E-state index contributed by atoms with van der Waals surface area (Å²) < 4.78 is 5.31. The van der Waals surface area contributed by atoms with Gasteiger partial charge in [0.2, 0.25) is 5.91 Å². The molecule has 2 unspecified atom stereocenters. The summed E-state index contributed by atoms with van der Waals surface area (Å²) in [7, 11) is 0. The van der Waals surface area contributed by atoms with Crippen LogP contribution in [0.15, 0.2) is 12.2 Å². The second kappa shape index (κ2) is 4.78. The lowest BCUT2D eigenvalue weighted by atomic mass is 10.00. The molecular formula is C13H20N2O2. The van der Waals surface area contributed by atoms with Crippen LogP contribution in [-0.2, 0) is 9.53 Å². The summed E-state index contributed by atoms with van der Waals surface area (Å²) in [6.45, 7) is 3.47. The molecule has 17 heavy (non-hydrogen) atoms. The standard InChI is InChI=1S/C13H20N2O2/c16-13(2-1-10-3-7-17-8-4-10)15-6-5-14-11-9-12(11)15/h1-2,10-12,14H,3-9H2. The van der Waals surface area contributed by atoms with Crippen LogP contribution >= 0.6 is 0 Å². The minimum Gasteiger partial charge on any atom is -0.381 e. The van der Waals surface area contributed by atoms with Crippen molar-refractivity contribution in [1.82, 2.24) is 10.2 Å². The van der Waals surface area contributed by atoms with Gasteiger partial charge in [-0.05, 0) is 31.3 Å². The Hall–Kier alpha value is -0.870. The van der Waals surface area contributed by atoms with E-state index in [1.165, 1.54) is 0 Å². The van der Waals surface area contributed by atoms with Gasteiger partial charge in [0.15, 0.2) is 0 Å². The van der Waals surface area contributed by atoms with Crippen LogP contribution in [0.3, 0.4) is 0 Å². The molecule has 0 spiro atoms. The van der Waals surface area contributed by atoms with Gasteiger partial charge in [-0.15, -0.1) is 0 Å². The molecule has 4 heteroatoms. The Morgan fingerprint density at radius 2 is 2.18 bits per heavy atom. The van der Waals surface area contributed by atoms with E-state index in [9.17, 15) is 4.79 Å². The Morgan fingerprint density at radius 3 is 3.00 bits per heavy atom. The third kappa shape index (κ3) is 2.53. The number of rotatable bonds is 2. The molecule has 3 fully saturated rings. The highest BCUT2D eigenvalue weighted by molar-refractivity contribution is 5.88. The highest BCUT2D eigenvalue weighted by Gasteiger charge is 2.45. The van der Waals surface area contributed by atoms with Crippen LogP contribution in [0.2, 0.25) is 0 Å². The number of fused-ring (bicyclic) bond motifs is 1. The van der Waals surface area contributed by atoms with Crippen molar-refractivity contribution < 1.29 is 9.53 Å². The molecule has 4 nitrogen and oxygen atoms in total. The van der Waals surface area contributed by atoms with Crippen molar-refractivity contribution in [3.8, 4) is 0 Å². The second-order valence-electron chi connectivity index (χ2n) is 5.20. The summed E-state index contributed by atoms with van der Waals surface area (Å²) in [5, 5.41) is 3.41. The van der Waals surface area contributed by atoms with E-state index < -0.39 is 0 Å². The lowest BCUT2D eigenvalue weighted by Gasteiger charge is -2.26. The summed E-state index contributed by atoms with van der Waals surface area (Å²) in [6.07, 6.45) is 7.12. The van der Waals surface area contributed by atoms with Gasteiger partial charge in [0, 0.05) is 38.4 Å². The predicted molar refractivity (Wildman–Crippen MR) is 64.6 cm³/mol. The molecule has 2 heterocycles. The summed E-state index contributed by atoms with van der Waals surface area (Å²) >= 11 is 0. The number of ether oxygens (including phenoxy) is 1. The van der Waals surface area contributed by atoms with Crippen molar-refractivity contribution in [3.63, 3.8) is 0 Å². The van der Waals surface area contributed by atoms with Crippen molar-refractivity contribution in [2.75, 3.05) is 26.3 Å². The number of hydrogen-bond acceptors (Lipinski definition) is 3. The zero-order valence-corrected chi connectivity index (χ0v) is 10.1. The monoisotopic (exact) mass is 236 g/mol. The molecule has 0 aromatic carbocycles. The Labute approximate surface area is 102 Å². The van der Waals surface area contributed by atoms with E-state index in [0.29, 0.717) is 18.0 Å². The number of carbonyl (C=O) groups excluding carboxylic acids is 1. The van der Waals surface area contributed by atoms with E-state index >= 15 is 0 Å². The first-order chi connectivity index (χ1) is 8.34. The number of hydrogen-bond donors (Lipinski definition) is 1. The van der Waals surface area contributed by atoms with Crippen LogP contribution in [0.4, 0.5) is 0 Å². The number of allylic oxidation sites excluding steroid dienone is 1. The fourth-order valence-electron chi connectivity index (χ4n) is 2.78. The van der Waals surface area contributed by atoms with E-state index in [4.69, 9.17) is 4.74 Å². The third-order valence-corrected chi connectivity index (χ3v) is 3.98. The molecule has 0 aromatic rings. The van der Waals surface area contributed by atoms with Gasteiger partial charge in [0.25, 0.3) is 0 Å². The van der Waals surface area contributed by atoms with Gasteiger partial charge in [-0.3, -0.25) is 4.79 Å². The maximum absolute atomic E-state index is 12.1. The Bertz CT molecular complexity index is 323. The normalized spacial score (nSPS) is 33.8. The molecule has 1 amide bonds. The molecule has 94 valence electrons. The molecular weight excluding hydrogens is 216 g/mol. The van der Waals surface area contributed by atoms with Crippen molar-refractivity contribution >= 4 is 5.91 Å². The van der Waals surface area contributed by atoms with E-state index in [2.05, 4.69) is 11.4 Å². The number of piperazine rings is 1. The zero-order valence-electron chi connectivity index (χ0n) is 10.1. The molecule has 2 atom stereocenters. The van der Waals surface area contributed by atoms with Crippen molar-refractivity contribution in [1.29, 1.82) is 0 Å². The number of carbonyl (C=O) groups is 1. The van der Waals surface area contributed by atoms with Gasteiger partial charge in [-0.1, -0.05) is 6.08 Å². The SMILES string of the molecule is O=C(C=CC1CCOCC1)N1CCNC2CC21. The van der Waals surface area contributed by atoms with Gasteiger partial charge < -0.3 is 15.0 Å². The fraction of sp³-hybridized carbons (Fsp3) is 0.769. The van der Waals surface area contributed by atoms with Gasteiger partial charge in [0.05, 0.1) is 0 Å². The molecule has 3 aliphatic rings. The molecule has 1 N–H and O–H groups in total. The quantitative estimate of drug-likeness (QED) is 0.712. The third-order valence-electron chi connectivity index (χ3n) is 3.98. The average Bonchev–Trinajstić information content (AvgIpc) is 3.16. The van der Waals surface area contributed by atoms with E-state index in [0.717, 1.165) is 45.6 Å². The van der Waals surface area contributed by atoms with Gasteiger partial charge in [0.1, 0.15) is 0 Å². The maximum Gasteiger partial charge on any atom is 0.246 e. The van der Waals surface area contributed by atoms with E-state index in [1.807, 2.05) is 4.90 Å². The second-order valence-corrected chi connectivity index (χ2v) is 5.20. The number of nitrogens with zero attached hydrogens (tertiary/aromatic N) is 1. The summed E-state index contributed by atoms with van der Waals surface area (Å²) in [4.78, 5) is 14.1. The molecule has 2 aliphatic heterocycles. The molecule has 0 bridgehead atoms. The Balaban J connectivity index is 1.53. The first kappa shape index (κ1) is 11.2. The van der Waals surface area contributed by atoms with Crippen molar-refractivity contribution in [2.24, 2.45) is 5.92 Å². The number of amides is 1. The molecule has 3 rings (SSSR count). The van der Waals surface area contributed by atoms with E-state index in [-0.39, 0.29) is 5.91 Å². The van der Waals surface area contributed by atoms with Crippen molar-refractivity contribution in [2.45, 2.75) is 31.3 Å². The lowest BCUT2D eigenvalue weighted by molar-refractivity contribution is -0.127. The van der Waals surface area contributed by atoms with Crippen LogP contribution in [0, 0.1) is 5.92 Å². The summed E-state index contributed by atoms with van der Waals surface area (Å²) in [6, 6.07) is 1.04. The topological polar surface area (TPSA) is 41.6 Å². The highest BCUT2D eigenvalue weighted by atomic mass is 16.5. The van der Waals surface area contributed by atoms with Gasteiger partial charge >= 0.3 is 0 Å². The Kier molecular flexibility index (Phi) is 3.16. The molecule has 1 aliphatic carbocycles. The predicted octanol–water partition coefficient (Wildman–Crippen LogP) is 0.542. The Morgan fingerprint density at radius 1 is 1.35 bits per heavy atom. The van der Waals surface area contributed by atoms with Crippen molar-refractivity contribution in [3.05, 3.63) is 12.2 Å². The molecule has 0 aromatic heterocycles. The minimum atomic E-state index is 0.200. The fourth-order valence-corrected chi connectivity index (χ4v) is 2.78. The molecule has 0 radical (unpaired) electrons. The summed E-state index contributed by atoms with van der Waals surface area (Å²) in [5.41, 5.74) is 0. The maximum atomic E-state index is 12.1. The first-order valence-electron chi connectivity index (χ1n) is 6.64. The van der Waals surface area contributed by atoms with Gasteiger partial charge in [-0.2, -0.15) is 0 Å². The van der Waals surface area contributed by atoms with Crippen LogP contribution in [-0.4, -0.2) is 49.2 Å². The highest BCUT2D eigenvalue weighted by Crippen LogP contribution is 2.30. The van der Waals surface area contributed by atoms with Crippen LogP contribution in [0.1, 0.15) is 19.3 Å². The van der Waals surface area contributed by atoms with E-state index in [1.54, 1.807) is 6.08 Å². The lowest BCUT2D eigenvalue weighted by Crippen LogP contribution is -2.46. The minimum absolute atomic E-state index is 0.200. The smallest absolute Gasteiger partial charge is 0.246 e. The average molecular weight is 236 g/mol. The van der Waals surface area contributed by atoms with Crippen LogP contribution in [0.5, 0.6) is 0 Å².